The summed E-state index contributed by atoms with van der Waals surface area (Å²) in [6.45, 7) is 0.978. The van der Waals surface area contributed by atoms with E-state index in [-0.39, 0.29) is 9.79 Å². The first-order valence-electron chi connectivity index (χ1n) is 9.17. The van der Waals surface area contributed by atoms with Crippen molar-refractivity contribution >= 4 is 20.0 Å². The Hall–Kier alpha value is -1.78. The first kappa shape index (κ1) is 19.5. The summed E-state index contributed by atoms with van der Waals surface area (Å²) >= 11 is 0. The fourth-order valence-corrected chi connectivity index (χ4v) is 6.59. The van der Waals surface area contributed by atoms with Crippen LogP contribution in [0.5, 0.6) is 0 Å². The topological polar surface area (TPSA) is 104 Å². The normalized spacial score (nSPS) is 23.0. The largest absolute Gasteiger partial charge is 0.391 e. The Balaban J connectivity index is 1.57. The number of rotatable bonds is 5. The molecule has 150 valence electrons. The number of nitrogens with one attached hydrogen (secondary N) is 1. The molecule has 0 bridgehead atoms. The number of aliphatic hydroxyl groups excluding tert-OH is 1. The first-order valence-corrected chi connectivity index (χ1v) is 12.1. The van der Waals surface area contributed by atoms with E-state index in [1.54, 1.807) is 12.1 Å². The van der Waals surface area contributed by atoms with Gasteiger partial charge in [0.2, 0.25) is 20.0 Å². The molecule has 1 aliphatic heterocycles. The number of benzene rings is 2. The van der Waals surface area contributed by atoms with Crippen LogP contribution in [0.1, 0.15) is 30.0 Å². The minimum atomic E-state index is -3.92. The Labute approximate surface area is 165 Å². The molecule has 2 aromatic carbocycles. The van der Waals surface area contributed by atoms with Gasteiger partial charge in [-0.2, -0.15) is 4.31 Å². The van der Waals surface area contributed by atoms with Crippen molar-refractivity contribution in [2.24, 2.45) is 0 Å². The van der Waals surface area contributed by atoms with Crippen LogP contribution in [0, 0.1) is 0 Å². The second-order valence-corrected chi connectivity index (χ2v) is 10.8. The highest BCUT2D eigenvalue weighted by Crippen LogP contribution is 2.32. The van der Waals surface area contributed by atoms with E-state index < -0.39 is 32.2 Å². The summed E-state index contributed by atoms with van der Waals surface area (Å²) < 4.78 is 54.7. The van der Waals surface area contributed by atoms with Gasteiger partial charge in [0.05, 0.1) is 21.9 Å². The third-order valence-corrected chi connectivity index (χ3v) is 8.69. The highest BCUT2D eigenvalue weighted by atomic mass is 32.2. The molecule has 28 heavy (non-hydrogen) atoms. The molecular formula is C19H22N2O5S2. The summed E-state index contributed by atoms with van der Waals surface area (Å²) in [5.41, 5.74) is 1.67. The van der Waals surface area contributed by atoms with E-state index >= 15 is 0 Å². The Kier molecular flexibility index (Phi) is 5.05. The van der Waals surface area contributed by atoms with Gasteiger partial charge in [-0.25, -0.2) is 21.6 Å². The van der Waals surface area contributed by atoms with Crippen molar-refractivity contribution in [2.45, 2.75) is 41.2 Å². The predicted molar refractivity (Wildman–Crippen MR) is 104 cm³/mol. The van der Waals surface area contributed by atoms with Gasteiger partial charge in [0.25, 0.3) is 0 Å². The molecule has 1 fully saturated rings. The number of nitrogens with zero attached hydrogens (tertiary/aromatic N) is 1. The number of sulfonamides is 2. The number of hydrogen-bond donors (Lipinski definition) is 2. The maximum absolute atomic E-state index is 12.8. The van der Waals surface area contributed by atoms with Crippen molar-refractivity contribution in [1.82, 2.24) is 9.03 Å². The smallest absolute Gasteiger partial charge is 0.243 e. The van der Waals surface area contributed by atoms with Crippen LogP contribution in [0.2, 0.25) is 0 Å². The summed E-state index contributed by atoms with van der Waals surface area (Å²) in [7, 11) is -7.51. The Morgan fingerprint density at radius 2 is 1.50 bits per heavy atom. The SMILES string of the molecule is O=S(=O)(N[C@H]1c2ccccc2C[C@@H]1O)c1ccc(S(=O)(=O)N2CCCC2)cc1. The van der Waals surface area contributed by atoms with E-state index in [4.69, 9.17) is 0 Å². The van der Waals surface area contributed by atoms with Crippen molar-refractivity contribution in [3.05, 3.63) is 59.7 Å². The van der Waals surface area contributed by atoms with Gasteiger partial charge in [0.15, 0.2) is 0 Å². The molecule has 2 N–H and O–H groups in total. The maximum atomic E-state index is 12.8. The summed E-state index contributed by atoms with van der Waals surface area (Å²) in [6, 6.07) is 11.8. The van der Waals surface area contributed by atoms with Crippen LogP contribution in [0.25, 0.3) is 0 Å². The molecule has 0 spiro atoms. The Morgan fingerprint density at radius 1 is 0.893 bits per heavy atom. The zero-order chi connectivity index (χ0) is 19.9. The summed E-state index contributed by atoms with van der Waals surface area (Å²) in [5, 5.41) is 10.3. The summed E-state index contributed by atoms with van der Waals surface area (Å²) in [6.07, 6.45) is 1.21. The third kappa shape index (κ3) is 3.48. The average molecular weight is 423 g/mol. The molecule has 0 radical (unpaired) electrons. The predicted octanol–water partition coefficient (Wildman–Crippen LogP) is 1.41. The summed E-state index contributed by atoms with van der Waals surface area (Å²) in [5.74, 6) is 0. The molecule has 9 heteroatoms. The van der Waals surface area contributed by atoms with Crippen molar-refractivity contribution in [2.75, 3.05) is 13.1 Å². The van der Waals surface area contributed by atoms with Gasteiger partial charge >= 0.3 is 0 Å². The molecule has 0 unspecified atom stereocenters. The van der Waals surface area contributed by atoms with Gasteiger partial charge in [-0.3, -0.25) is 0 Å². The van der Waals surface area contributed by atoms with Gasteiger partial charge in [-0.15, -0.1) is 0 Å². The van der Waals surface area contributed by atoms with Crippen LogP contribution >= 0.6 is 0 Å². The molecule has 2 aromatic rings. The summed E-state index contributed by atoms with van der Waals surface area (Å²) in [4.78, 5) is 0.0454. The van der Waals surface area contributed by atoms with Crippen LogP contribution in [-0.4, -0.2) is 45.4 Å². The van der Waals surface area contributed by atoms with Crippen molar-refractivity contribution in [3.8, 4) is 0 Å². The van der Waals surface area contributed by atoms with Crippen LogP contribution in [0.3, 0.4) is 0 Å². The fraction of sp³-hybridized carbons (Fsp3) is 0.368. The lowest BCUT2D eigenvalue weighted by Gasteiger charge is -2.19. The van der Waals surface area contributed by atoms with Crippen LogP contribution < -0.4 is 4.72 Å². The molecular weight excluding hydrogens is 400 g/mol. The lowest BCUT2D eigenvalue weighted by atomic mass is 10.1. The molecule has 2 aliphatic rings. The van der Waals surface area contributed by atoms with Gasteiger partial charge in [0, 0.05) is 19.5 Å². The maximum Gasteiger partial charge on any atom is 0.243 e. The lowest BCUT2D eigenvalue weighted by molar-refractivity contribution is 0.151. The quantitative estimate of drug-likeness (QED) is 0.758. The molecule has 1 saturated heterocycles. The monoisotopic (exact) mass is 422 g/mol. The van der Waals surface area contributed by atoms with E-state index in [0.717, 1.165) is 24.0 Å². The number of aliphatic hydroxyl groups is 1. The van der Waals surface area contributed by atoms with Crippen LogP contribution in [0.15, 0.2) is 58.3 Å². The molecule has 1 aliphatic carbocycles. The number of fused-ring (bicyclic) bond motifs is 1. The molecule has 2 atom stereocenters. The van der Waals surface area contributed by atoms with Gasteiger partial charge in [-0.05, 0) is 48.2 Å². The van der Waals surface area contributed by atoms with E-state index in [1.807, 2.05) is 12.1 Å². The van der Waals surface area contributed by atoms with Gasteiger partial charge in [0.1, 0.15) is 0 Å². The number of hydrogen-bond acceptors (Lipinski definition) is 5. The second-order valence-electron chi connectivity index (χ2n) is 7.15. The highest BCUT2D eigenvalue weighted by Gasteiger charge is 2.34. The van der Waals surface area contributed by atoms with E-state index in [0.29, 0.717) is 19.5 Å². The fourth-order valence-electron chi connectivity index (χ4n) is 3.82. The van der Waals surface area contributed by atoms with Crippen molar-refractivity contribution in [1.29, 1.82) is 0 Å². The zero-order valence-corrected chi connectivity index (χ0v) is 16.8. The van der Waals surface area contributed by atoms with Crippen LogP contribution in [0.4, 0.5) is 0 Å². The van der Waals surface area contributed by atoms with Gasteiger partial charge < -0.3 is 5.11 Å². The minimum absolute atomic E-state index is 0.0375. The lowest BCUT2D eigenvalue weighted by Crippen LogP contribution is -2.34. The van der Waals surface area contributed by atoms with E-state index in [1.165, 1.54) is 28.6 Å². The van der Waals surface area contributed by atoms with Crippen molar-refractivity contribution in [3.63, 3.8) is 0 Å². The van der Waals surface area contributed by atoms with E-state index in [9.17, 15) is 21.9 Å². The average Bonchev–Trinajstić information content (AvgIpc) is 3.31. The molecule has 4 rings (SSSR count). The second kappa shape index (κ2) is 7.23. The van der Waals surface area contributed by atoms with E-state index in [2.05, 4.69) is 4.72 Å². The Bertz CT molecular complexity index is 1080. The highest BCUT2D eigenvalue weighted by molar-refractivity contribution is 7.89. The van der Waals surface area contributed by atoms with Crippen LogP contribution in [-0.2, 0) is 26.5 Å². The molecule has 0 saturated carbocycles. The molecule has 0 amide bonds. The third-order valence-electron chi connectivity index (χ3n) is 5.32. The van der Waals surface area contributed by atoms with Gasteiger partial charge in [-0.1, -0.05) is 24.3 Å². The first-order chi connectivity index (χ1) is 13.3. The standard InChI is InChI=1S/C19H22N2O5S2/c22-18-13-14-5-1-2-6-17(14)19(18)20-27(23,24)15-7-9-16(10-8-15)28(25,26)21-11-3-4-12-21/h1-2,5-10,18-20,22H,3-4,11-13H2/t18-,19-/m0/s1. The molecule has 7 nitrogen and oxygen atoms in total. The zero-order valence-electron chi connectivity index (χ0n) is 15.2. The molecule has 0 aromatic heterocycles. The minimum Gasteiger partial charge on any atom is -0.391 e. The van der Waals surface area contributed by atoms with Crippen molar-refractivity contribution < 1.29 is 21.9 Å². The Morgan fingerprint density at radius 3 is 2.18 bits per heavy atom. The molecule has 1 heterocycles.